The summed E-state index contributed by atoms with van der Waals surface area (Å²) in [7, 11) is 2.03. The van der Waals surface area contributed by atoms with Gasteiger partial charge in [0, 0.05) is 32.7 Å². The summed E-state index contributed by atoms with van der Waals surface area (Å²) in [6.45, 7) is 7.28. The number of rotatable bonds is 4. The Balaban J connectivity index is 1.81. The zero-order chi connectivity index (χ0) is 14.4. The smallest absolute Gasteiger partial charge is 0.239 e. The van der Waals surface area contributed by atoms with Gasteiger partial charge < -0.3 is 15.0 Å². The molecule has 2 saturated heterocycles. The van der Waals surface area contributed by atoms with E-state index >= 15 is 0 Å². The molecule has 0 aliphatic carbocycles. The molecule has 0 aromatic rings. The highest BCUT2D eigenvalue weighted by Gasteiger charge is 2.26. The molecule has 2 rings (SSSR count). The van der Waals surface area contributed by atoms with Crippen LogP contribution in [0.1, 0.15) is 32.6 Å². The van der Waals surface area contributed by atoms with Crippen molar-refractivity contribution in [2.45, 2.75) is 44.8 Å². The summed E-state index contributed by atoms with van der Waals surface area (Å²) < 4.78 is 5.71. The summed E-state index contributed by atoms with van der Waals surface area (Å²) in [6.07, 6.45) is 5.02. The Kier molecular flexibility index (Phi) is 6.26. The first-order chi connectivity index (χ1) is 9.68. The molecule has 20 heavy (non-hydrogen) atoms. The molecule has 5 nitrogen and oxygen atoms in total. The van der Waals surface area contributed by atoms with Crippen molar-refractivity contribution in [3.8, 4) is 0 Å². The van der Waals surface area contributed by atoms with Crippen LogP contribution in [0.2, 0.25) is 0 Å². The van der Waals surface area contributed by atoms with Crippen LogP contribution in [-0.2, 0) is 9.53 Å². The summed E-state index contributed by atoms with van der Waals surface area (Å²) in [5, 5.41) is 3.33. The lowest BCUT2D eigenvalue weighted by atomic mass is 10.2. The summed E-state index contributed by atoms with van der Waals surface area (Å²) in [4.78, 5) is 16.7. The zero-order valence-electron chi connectivity index (χ0n) is 12.9. The van der Waals surface area contributed by atoms with Gasteiger partial charge in [0.05, 0.1) is 18.8 Å². The number of nitrogens with one attached hydrogen (secondary N) is 1. The van der Waals surface area contributed by atoms with Crippen LogP contribution in [0.4, 0.5) is 0 Å². The minimum absolute atomic E-state index is 0.0568. The highest BCUT2D eigenvalue weighted by Crippen LogP contribution is 2.13. The second-order valence-electron chi connectivity index (χ2n) is 6.05. The third kappa shape index (κ3) is 4.43. The van der Waals surface area contributed by atoms with Gasteiger partial charge in [0.15, 0.2) is 0 Å². The van der Waals surface area contributed by atoms with E-state index in [2.05, 4.69) is 10.2 Å². The Morgan fingerprint density at radius 2 is 2.05 bits per heavy atom. The van der Waals surface area contributed by atoms with Crippen molar-refractivity contribution in [3.05, 3.63) is 0 Å². The molecular weight excluding hydrogens is 254 g/mol. The van der Waals surface area contributed by atoms with Gasteiger partial charge >= 0.3 is 0 Å². The first-order valence-corrected chi connectivity index (χ1v) is 8.00. The normalized spacial score (nSPS) is 26.4. The molecule has 1 N–H and O–H groups in total. The van der Waals surface area contributed by atoms with Crippen molar-refractivity contribution in [3.63, 3.8) is 0 Å². The molecule has 0 aromatic heterocycles. The highest BCUT2D eigenvalue weighted by molar-refractivity contribution is 5.81. The number of hydrogen-bond donors (Lipinski definition) is 1. The number of carbonyl (C=O) groups is 1. The number of morpholine rings is 1. The monoisotopic (exact) mass is 283 g/mol. The molecule has 1 amide bonds. The number of amides is 1. The van der Waals surface area contributed by atoms with Crippen LogP contribution < -0.4 is 5.32 Å². The van der Waals surface area contributed by atoms with E-state index in [4.69, 9.17) is 4.74 Å². The maximum atomic E-state index is 12.6. The number of likely N-dealkylation sites (tertiary alicyclic amines) is 1. The SMILES string of the molecule is CC(C(=O)N1CCCCCC1)N(C)CC1CNCCO1. The molecule has 2 aliphatic rings. The maximum absolute atomic E-state index is 12.6. The zero-order valence-corrected chi connectivity index (χ0v) is 12.9. The van der Waals surface area contributed by atoms with E-state index in [0.29, 0.717) is 0 Å². The van der Waals surface area contributed by atoms with Crippen LogP contribution in [0.5, 0.6) is 0 Å². The van der Waals surface area contributed by atoms with Gasteiger partial charge in [0.2, 0.25) is 5.91 Å². The molecule has 2 atom stereocenters. The van der Waals surface area contributed by atoms with E-state index < -0.39 is 0 Å². The molecule has 0 aromatic carbocycles. The number of likely N-dealkylation sites (N-methyl/N-ethyl adjacent to an activating group) is 1. The Bertz CT molecular complexity index is 297. The number of carbonyl (C=O) groups excluding carboxylic acids is 1. The summed E-state index contributed by atoms with van der Waals surface area (Å²) >= 11 is 0. The van der Waals surface area contributed by atoms with Crippen molar-refractivity contribution in [1.29, 1.82) is 0 Å². The number of ether oxygens (including phenoxy) is 1. The number of hydrogen-bond acceptors (Lipinski definition) is 4. The predicted octanol–water partition coefficient (Wildman–Crippen LogP) is 0.698. The van der Waals surface area contributed by atoms with Crippen LogP contribution in [0.25, 0.3) is 0 Å². The molecule has 0 radical (unpaired) electrons. The van der Waals surface area contributed by atoms with E-state index in [0.717, 1.165) is 52.2 Å². The average molecular weight is 283 g/mol. The van der Waals surface area contributed by atoms with Crippen LogP contribution in [0, 0.1) is 0 Å². The van der Waals surface area contributed by atoms with Gasteiger partial charge in [-0.05, 0) is 26.8 Å². The van der Waals surface area contributed by atoms with Crippen LogP contribution in [-0.4, -0.2) is 74.2 Å². The maximum Gasteiger partial charge on any atom is 0.239 e. The Labute approximate surface area is 122 Å². The fourth-order valence-corrected chi connectivity index (χ4v) is 2.96. The lowest BCUT2D eigenvalue weighted by Gasteiger charge is -2.33. The summed E-state index contributed by atoms with van der Waals surface area (Å²) in [5.41, 5.74) is 0. The van der Waals surface area contributed by atoms with Crippen LogP contribution >= 0.6 is 0 Å². The summed E-state index contributed by atoms with van der Waals surface area (Å²) in [5.74, 6) is 0.276. The largest absolute Gasteiger partial charge is 0.374 e. The van der Waals surface area contributed by atoms with Gasteiger partial charge in [-0.2, -0.15) is 0 Å². The third-order valence-electron chi connectivity index (χ3n) is 4.43. The number of nitrogens with zero attached hydrogens (tertiary/aromatic N) is 2. The molecule has 0 spiro atoms. The van der Waals surface area contributed by atoms with E-state index in [-0.39, 0.29) is 18.1 Å². The average Bonchev–Trinajstić information content (AvgIpc) is 2.75. The topological polar surface area (TPSA) is 44.8 Å². The van der Waals surface area contributed by atoms with Crippen molar-refractivity contribution in [2.24, 2.45) is 0 Å². The van der Waals surface area contributed by atoms with E-state index in [9.17, 15) is 4.79 Å². The van der Waals surface area contributed by atoms with Crippen molar-refractivity contribution in [2.75, 3.05) is 46.4 Å². The van der Waals surface area contributed by atoms with Gasteiger partial charge in [-0.3, -0.25) is 9.69 Å². The van der Waals surface area contributed by atoms with E-state index in [1.807, 2.05) is 18.9 Å². The Hall–Kier alpha value is -0.650. The van der Waals surface area contributed by atoms with Gasteiger partial charge in [0.1, 0.15) is 0 Å². The lowest BCUT2D eigenvalue weighted by Crippen LogP contribution is -2.51. The molecule has 2 fully saturated rings. The van der Waals surface area contributed by atoms with Crippen LogP contribution in [0.15, 0.2) is 0 Å². The Morgan fingerprint density at radius 1 is 1.35 bits per heavy atom. The first-order valence-electron chi connectivity index (χ1n) is 8.00. The highest BCUT2D eigenvalue weighted by atomic mass is 16.5. The molecule has 2 unspecified atom stereocenters. The van der Waals surface area contributed by atoms with Gasteiger partial charge in [-0.1, -0.05) is 12.8 Å². The molecular formula is C15H29N3O2. The molecule has 5 heteroatoms. The van der Waals surface area contributed by atoms with Crippen LogP contribution in [0.3, 0.4) is 0 Å². The van der Waals surface area contributed by atoms with Gasteiger partial charge in [-0.25, -0.2) is 0 Å². The molecule has 0 bridgehead atoms. The standard InChI is InChI=1S/C15H29N3O2/c1-13(15(19)18-8-5-3-4-6-9-18)17(2)12-14-11-16-7-10-20-14/h13-14,16H,3-12H2,1-2H3. The van der Waals surface area contributed by atoms with E-state index in [1.165, 1.54) is 12.8 Å². The molecule has 0 saturated carbocycles. The second kappa shape index (κ2) is 7.96. The fourth-order valence-electron chi connectivity index (χ4n) is 2.96. The van der Waals surface area contributed by atoms with Crippen molar-refractivity contribution < 1.29 is 9.53 Å². The molecule has 116 valence electrons. The first kappa shape index (κ1) is 15.7. The van der Waals surface area contributed by atoms with E-state index in [1.54, 1.807) is 0 Å². The van der Waals surface area contributed by atoms with Gasteiger partial charge in [0.25, 0.3) is 0 Å². The lowest BCUT2D eigenvalue weighted by molar-refractivity contribution is -0.136. The minimum Gasteiger partial charge on any atom is -0.374 e. The van der Waals surface area contributed by atoms with Gasteiger partial charge in [-0.15, -0.1) is 0 Å². The third-order valence-corrected chi connectivity index (χ3v) is 4.43. The van der Waals surface area contributed by atoms with Crippen molar-refractivity contribution in [1.82, 2.24) is 15.1 Å². The predicted molar refractivity (Wildman–Crippen MR) is 79.7 cm³/mol. The molecule has 2 aliphatic heterocycles. The minimum atomic E-state index is -0.0568. The fraction of sp³-hybridized carbons (Fsp3) is 0.933. The summed E-state index contributed by atoms with van der Waals surface area (Å²) in [6, 6.07) is -0.0568. The molecule has 2 heterocycles. The Morgan fingerprint density at radius 3 is 2.65 bits per heavy atom. The van der Waals surface area contributed by atoms with Crippen molar-refractivity contribution >= 4 is 5.91 Å². The second-order valence-corrected chi connectivity index (χ2v) is 6.05. The quantitative estimate of drug-likeness (QED) is 0.825.